The highest BCUT2D eigenvalue weighted by molar-refractivity contribution is 9.09. The Kier molecular flexibility index (Phi) is 5.29. The lowest BCUT2D eigenvalue weighted by atomic mass is 9.99. The van der Waals surface area contributed by atoms with Crippen molar-refractivity contribution < 1.29 is 34.7 Å². The average Bonchev–Trinajstić information content (AvgIpc) is 2.29. The van der Waals surface area contributed by atoms with Crippen molar-refractivity contribution in [1.82, 2.24) is 0 Å². The maximum atomic E-state index is 10.8. The summed E-state index contributed by atoms with van der Waals surface area (Å²) in [7, 11) is 0. The van der Waals surface area contributed by atoms with Gasteiger partial charge < -0.3 is 29.9 Å². The van der Waals surface area contributed by atoms with E-state index in [9.17, 15) is 20.1 Å². The molecule has 6 atom stereocenters. The Labute approximate surface area is 106 Å². The lowest BCUT2D eigenvalue weighted by Crippen LogP contribution is -2.60. The molecule has 1 fully saturated rings. The molecule has 1 aliphatic heterocycles. The summed E-state index contributed by atoms with van der Waals surface area (Å²) in [6.07, 6.45) is -8.07. The van der Waals surface area contributed by atoms with Crippen LogP contribution in [-0.2, 0) is 14.3 Å². The molecule has 17 heavy (non-hydrogen) atoms. The van der Waals surface area contributed by atoms with Crippen LogP contribution in [0.5, 0.6) is 0 Å². The minimum absolute atomic E-state index is 0.341. The molecule has 8 heteroatoms. The quantitative estimate of drug-likeness (QED) is 0.475. The summed E-state index contributed by atoms with van der Waals surface area (Å²) in [5.74, 6) is -1.43. The van der Waals surface area contributed by atoms with Crippen LogP contribution in [0.2, 0.25) is 0 Å². The molecule has 0 amide bonds. The second kappa shape index (κ2) is 6.07. The van der Waals surface area contributed by atoms with E-state index in [2.05, 4.69) is 15.9 Å². The second-order valence-corrected chi connectivity index (χ2v) is 4.48. The molecule has 0 aromatic heterocycles. The van der Waals surface area contributed by atoms with Crippen LogP contribution in [-0.4, -0.2) is 68.5 Å². The van der Waals surface area contributed by atoms with E-state index in [1.54, 1.807) is 6.92 Å². The van der Waals surface area contributed by atoms with Crippen molar-refractivity contribution in [2.45, 2.75) is 43.7 Å². The van der Waals surface area contributed by atoms with E-state index in [4.69, 9.17) is 14.6 Å². The number of hydrogen-bond donors (Lipinski definition) is 4. The van der Waals surface area contributed by atoms with Crippen LogP contribution in [0.15, 0.2) is 0 Å². The van der Waals surface area contributed by atoms with Crippen molar-refractivity contribution in [3.05, 3.63) is 0 Å². The molecule has 0 aromatic carbocycles. The molecule has 7 nitrogen and oxygen atoms in total. The smallest absolute Gasteiger partial charge is 0.335 e. The Hall–Kier alpha value is -0.250. The zero-order valence-electron chi connectivity index (χ0n) is 9.06. The molecule has 1 rings (SSSR count). The average molecular weight is 315 g/mol. The van der Waals surface area contributed by atoms with Gasteiger partial charge in [-0.3, -0.25) is 0 Å². The summed E-state index contributed by atoms with van der Waals surface area (Å²) in [6, 6.07) is 0. The zero-order valence-corrected chi connectivity index (χ0v) is 10.6. The monoisotopic (exact) mass is 314 g/mol. The fraction of sp³-hybridized carbons (Fsp3) is 0.889. The van der Waals surface area contributed by atoms with Gasteiger partial charge in [0, 0.05) is 5.33 Å². The predicted octanol–water partition coefficient (Wildman–Crippen LogP) is -1.32. The number of aliphatic hydroxyl groups is 3. The van der Waals surface area contributed by atoms with Gasteiger partial charge in [0.25, 0.3) is 0 Å². The molecular weight excluding hydrogens is 300 g/mol. The Morgan fingerprint density at radius 3 is 2.41 bits per heavy atom. The minimum Gasteiger partial charge on any atom is -0.479 e. The van der Waals surface area contributed by atoms with E-state index in [0.717, 1.165) is 0 Å². The highest BCUT2D eigenvalue weighted by Gasteiger charge is 2.47. The van der Waals surface area contributed by atoms with Gasteiger partial charge in [-0.1, -0.05) is 15.9 Å². The van der Waals surface area contributed by atoms with E-state index < -0.39 is 36.7 Å². The fourth-order valence-electron chi connectivity index (χ4n) is 1.43. The third-order valence-electron chi connectivity index (χ3n) is 2.40. The molecule has 0 aliphatic carbocycles. The van der Waals surface area contributed by atoms with Crippen LogP contribution < -0.4 is 0 Å². The van der Waals surface area contributed by atoms with Crippen LogP contribution in [0.25, 0.3) is 0 Å². The Morgan fingerprint density at radius 1 is 1.35 bits per heavy atom. The van der Waals surface area contributed by atoms with Crippen LogP contribution >= 0.6 is 15.9 Å². The molecule has 0 radical (unpaired) electrons. The van der Waals surface area contributed by atoms with Gasteiger partial charge >= 0.3 is 5.97 Å². The predicted molar refractivity (Wildman–Crippen MR) is 58.7 cm³/mol. The van der Waals surface area contributed by atoms with E-state index in [1.807, 2.05) is 0 Å². The first-order valence-electron chi connectivity index (χ1n) is 5.02. The van der Waals surface area contributed by atoms with Crippen molar-refractivity contribution in [3.63, 3.8) is 0 Å². The number of carbonyl (C=O) groups is 1. The lowest BCUT2D eigenvalue weighted by molar-refractivity contribution is -0.301. The number of hydrogen-bond acceptors (Lipinski definition) is 6. The minimum atomic E-state index is -1.69. The second-order valence-electron chi connectivity index (χ2n) is 3.84. The number of aliphatic hydroxyl groups excluding tert-OH is 3. The molecule has 2 unspecified atom stereocenters. The Bertz CT molecular complexity index is 274. The van der Waals surface area contributed by atoms with Gasteiger partial charge in [0.15, 0.2) is 12.4 Å². The molecule has 4 N–H and O–H groups in total. The largest absolute Gasteiger partial charge is 0.479 e. The number of halogens is 1. The fourth-order valence-corrected chi connectivity index (χ4v) is 1.58. The lowest BCUT2D eigenvalue weighted by Gasteiger charge is -2.39. The van der Waals surface area contributed by atoms with Gasteiger partial charge in [0.2, 0.25) is 0 Å². The summed E-state index contributed by atoms with van der Waals surface area (Å²) in [5.41, 5.74) is 0. The van der Waals surface area contributed by atoms with Crippen LogP contribution in [0.4, 0.5) is 0 Å². The van der Waals surface area contributed by atoms with Gasteiger partial charge in [-0.15, -0.1) is 0 Å². The number of rotatable bonds is 4. The van der Waals surface area contributed by atoms with Crippen LogP contribution in [0.3, 0.4) is 0 Å². The SMILES string of the molecule is CC(CBr)OC1O[C@H](C(=O)O)[C@@H](O)[C@H](O)[C@H]1O. The number of aliphatic carboxylic acids is 1. The van der Waals surface area contributed by atoms with Crippen LogP contribution in [0, 0.1) is 0 Å². The zero-order chi connectivity index (χ0) is 13.2. The van der Waals surface area contributed by atoms with Crippen LogP contribution in [0.1, 0.15) is 6.92 Å². The number of carboxylic acids is 1. The third-order valence-corrected chi connectivity index (χ3v) is 3.31. The van der Waals surface area contributed by atoms with Crippen molar-refractivity contribution in [2.24, 2.45) is 0 Å². The molecule has 1 heterocycles. The topological polar surface area (TPSA) is 116 Å². The number of ether oxygens (including phenoxy) is 2. The highest BCUT2D eigenvalue weighted by Crippen LogP contribution is 2.23. The van der Waals surface area contributed by atoms with Crippen molar-refractivity contribution in [3.8, 4) is 0 Å². The molecule has 0 aromatic rings. The third kappa shape index (κ3) is 3.36. The number of alkyl halides is 1. The Morgan fingerprint density at radius 2 is 1.94 bits per heavy atom. The Balaban J connectivity index is 2.74. The first-order valence-corrected chi connectivity index (χ1v) is 6.14. The molecule has 0 spiro atoms. The molecule has 1 aliphatic rings. The van der Waals surface area contributed by atoms with E-state index >= 15 is 0 Å². The summed E-state index contributed by atoms with van der Waals surface area (Å²) in [6.45, 7) is 1.68. The molecule has 100 valence electrons. The van der Waals surface area contributed by atoms with Crippen molar-refractivity contribution >= 4 is 21.9 Å². The highest BCUT2D eigenvalue weighted by atomic mass is 79.9. The molecule has 0 saturated carbocycles. The van der Waals surface area contributed by atoms with Crippen molar-refractivity contribution in [1.29, 1.82) is 0 Å². The molecular formula is C9H15BrO7. The molecule has 1 saturated heterocycles. The summed E-state index contributed by atoms with van der Waals surface area (Å²) in [5, 5.41) is 37.7. The first-order chi connectivity index (χ1) is 7.88. The van der Waals surface area contributed by atoms with E-state index in [0.29, 0.717) is 5.33 Å². The van der Waals surface area contributed by atoms with Gasteiger partial charge in [-0.05, 0) is 6.92 Å². The maximum Gasteiger partial charge on any atom is 0.335 e. The van der Waals surface area contributed by atoms with E-state index in [1.165, 1.54) is 0 Å². The van der Waals surface area contributed by atoms with Gasteiger partial charge in [-0.2, -0.15) is 0 Å². The summed E-state index contributed by atoms with van der Waals surface area (Å²) >= 11 is 3.14. The summed E-state index contributed by atoms with van der Waals surface area (Å²) < 4.78 is 10.1. The molecule has 0 bridgehead atoms. The van der Waals surface area contributed by atoms with Gasteiger partial charge in [0.05, 0.1) is 6.10 Å². The summed E-state index contributed by atoms with van der Waals surface area (Å²) in [4.78, 5) is 10.8. The first kappa shape index (κ1) is 14.8. The maximum absolute atomic E-state index is 10.8. The number of carboxylic acid groups (broad SMARTS) is 1. The van der Waals surface area contributed by atoms with Gasteiger partial charge in [-0.25, -0.2) is 4.79 Å². The van der Waals surface area contributed by atoms with E-state index in [-0.39, 0.29) is 6.10 Å². The van der Waals surface area contributed by atoms with Gasteiger partial charge in [0.1, 0.15) is 18.3 Å². The normalized spacial score (nSPS) is 39.9. The standard InChI is InChI=1S/C9H15BrO7/c1-3(2-10)16-9-6(13)4(11)5(12)7(17-9)8(14)15/h3-7,9,11-13H,2H2,1H3,(H,14,15)/t3?,4-,5-,6+,7-,9?/m0/s1. The van der Waals surface area contributed by atoms with Crippen molar-refractivity contribution in [2.75, 3.05) is 5.33 Å².